The molecule has 0 spiro atoms. The molecule has 0 aliphatic carbocycles. The van der Waals surface area contributed by atoms with Crippen LogP contribution < -0.4 is 0 Å². The van der Waals surface area contributed by atoms with Gasteiger partial charge in [0.25, 0.3) is 17.5 Å². The quantitative estimate of drug-likeness (QED) is 0.373. The zero-order valence-corrected chi connectivity index (χ0v) is 15.2. The van der Waals surface area contributed by atoms with Gasteiger partial charge in [-0.25, -0.2) is 4.98 Å². The maximum absolute atomic E-state index is 12.6. The summed E-state index contributed by atoms with van der Waals surface area (Å²) in [4.78, 5) is 41.1. The van der Waals surface area contributed by atoms with E-state index < -0.39 is 16.7 Å². The molecule has 1 aromatic heterocycles. The van der Waals surface area contributed by atoms with Crippen molar-refractivity contribution in [3.05, 3.63) is 79.8 Å². The topological polar surface area (TPSA) is 93.4 Å². The van der Waals surface area contributed by atoms with Gasteiger partial charge in [-0.05, 0) is 18.2 Å². The van der Waals surface area contributed by atoms with Crippen molar-refractivity contribution in [2.75, 3.05) is 0 Å². The van der Waals surface area contributed by atoms with Crippen LogP contribution in [0.2, 0.25) is 5.02 Å². The van der Waals surface area contributed by atoms with E-state index >= 15 is 0 Å². The molecular formula is C18H10ClN3O4S. The molecule has 0 saturated heterocycles. The highest BCUT2D eigenvalue weighted by atomic mass is 35.5. The van der Waals surface area contributed by atoms with Crippen molar-refractivity contribution in [3.8, 4) is 10.6 Å². The van der Waals surface area contributed by atoms with Crippen molar-refractivity contribution in [1.82, 2.24) is 9.88 Å². The Balaban J connectivity index is 1.62. The van der Waals surface area contributed by atoms with Crippen LogP contribution in [0.1, 0.15) is 26.4 Å². The summed E-state index contributed by atoms with van der Waals surface area (Å²) in [5.74, 6) is -1.23. The summed E-state index contributed by atoms with van der Waals surface area (Å²) >= 11 is 7.26. The van der Waals surface area contributed by atoms with Gasteiger partial charge in [0.15, 0.2) is 0 Å². The van der Waals surface area contributed by atoms with Gasteiger partial charge in [-0.3, -0.25) is 24.6 Å². The Labute approximate surface area is 162 Å². The fraction of sp³-hybridized carbons (Fsp3) is 0.0556. The molecule has 7 nitrogen and oxygen atoms in total. The minimum Gasteiger partial charge on any atom is -0.269 e. The minimum absolute atomic E-state index is 0.0438. The third-order valence-corrected chi connectivity index (χ3v) is 5.33. The van der Waals surface area contributed by atoms with Crippen LogP contribution in [0.15, 0.2) is 47.8 Å². The third kappa shape index (κ3) is 2.98. The van der Waals surface area contributed by atoms with Crippen LogP contribution in [-0.4, -0.2) is 26.6 Å². The number of hydrogen-bond acceptors (Lipinski definition) is 6. The van der Waals surface area contributed by atoms with E-state index in [9.17, 15) is 19.7 Å². The van der Waals surface area contributed by atoms with E-state index in [1.54, 1.807) is 17.5 Å². The Morgan fingerprint density at radius 1 is 1.11 bits per heavy atom. The number of carbonyl (C=O) groups excluding carboxylic acids is 2. The molecule has 134 valence electrons. The number of halogens is 1. The Bertz CT molecular complexity index is 1090. The van der Waals surface area contributed by atoms with E-state index in [0.717, 1.165) is 15.5 Å². The highest BCUT2D eigenvalue weighted by Gasteiger charge is 2.41. The first kappa shape index (κ1) is 17.3. The van der Waals surface area contributed by atoms with Gasteiger partial charge >= 0.3 is 0 Å². The standard InChI is InChI=1S/C18H10ClN3O4S/c19-11-6-4-10(5-7-11)16-20-12(9-27-16)8-21-17(23)13-2-1-3-14(22(25)26)15(13)18(21)24/h1-7,9H,8H2. The number of hydrogen-bond donors (Lipinski definition) is 0. The van der Waals surface area contributed by atoms with Crippen LogP contribution in [0.25, 0.3) is 10.6 Å². The maximum Gasteiger partial charge on any atom is 0.282 e. The van der Waals surface area contributed by atoms with Crippen LogP contribution in [-0.2, 0) is 6.54 Å². The summed E-state index contributed by atoms with van der Waals surface area (Å²) in [7, 11) is 0. The third-order valence-electron chi connectivity index (χ3n) is 4.14. The summed E-state index contributed by atoms with van der Waals surface area (Å²) in [6.07, 6.45) is 0. The molecule has 2 amide bonds. The number of nitro benzene ring substituents is 1. The molecule has 3 aromatic rings. The van der Waals surface area contributed by atoms with Crippen molar-refractivity contribution in [2.24, 2.45) is 0 Å². The second kappa shape index (κ2) is 6.57. The predicted molar refractivity (Wildman–Crippen MR) is 99.9 cm³/mol. The van der Waals surface area contributed by atoms with E-state index in [1.807, 2.05) is 12.1 Å². The molecule has 0 saturated carbocycles. The summed E-state index contributed by atoms with van der Waals surface area (Å²) < 4.78 is 0. The van der Waals surface area contributed by atoms with Gasteiger partial charge in [-0.1, -0.05) is 29.8 Å². The summed E-state index contributed by atoms with van der Waals surface area (Å²) in [5, 5.41) is 14.3. The zero-order chi connectivity index (χ0) is 19.1. The molecule has 4 rings (SSSR count). The number of rotatable bonds is 4. The van der Waals surface area contributed by atoms with Crippen LogP contribution in [0.5, 0.6) is 0 Å². The van der Waals surface area contributed by atoms with E-state index in [-0.39, 0.29) is 23.4 Å². The zero-order valence-electron chi connectivity index (χ0n) is 13.6. The number of carbonyl (C=O) groups is 2. The number of imide groups is 1. The lowest BCUT2D eigenvalue weighted by atomic mass is 10.1. The molecule has 0 radical (unpaired) electrons. The van der Waals surface area contributed by atoms with E-state index in [1.165, 1.54) is 29.5 Å². The van der Waals surface area contributed by atoms with E-state index in [4.69, 9.17) is 11.6 Å². The normalized spacial score (nSPS) is 13.1. The summed E-state index contributed by atoms with van der Waals surface area (Å²) in [5.41, 5.74) is 0.909. The molecule has 2 aromatic carbocycles. The van der Waals surface area contributed by atoms with Crippen molar-refractivity contribution < 1.29 is 14.5 Å². The molecular weight excluding hydrogens is 390 g/mol. The van der Waals surface area contributed by atoms with Gasteiger partial charge in [0.05, 0.1) is 22.7 Å². The Morgan fingerprint density at radius 2 is 1.85 bits per heavy atom. The SMILES string of the molecule is O=C1c2cccc([N+](=O)[O-])c2C(=O)N1Cc1csc(-c2ccc(Cl)cc2)n1. The molecule has 0 N–H and O–H groups in total. The second-order valence-electron chi connectivity index (χ2n) is 5.80. The molecule has 9 heteroatoms. The Kier molecular flexibility index (Phi) is 4.21. The highest BCUT2D eigenvalue weighted by molar-refractivity contribution is 7.13. The average Bonchev–Trinajstić information content (AvgIpc) is 3.22. The van der Waals surface area contributed by atoms with Gasteiger partial charge in [-0.2, -0.15) is 0 Å². The van der Waals surface area contributed by atoms with Gasteiger partial charge in [0, 0.05) is 22.0 Å². The van der Waals surface area contributed by atoms with Crippen molar-refractivity contribution >= 4 is 40.4 Å². The Morgan fingerprint density at radius 3 is 2.56 bits per heavy atom. The first-order chi connectivity index (χ1) is 13.0. The maximum atomic E-state index is 12.6. The lowest BCUT2D eigenvalue weighted by Crippen LogP contribution is -2.29. The van der Waals surface area contributed by atoms with Gasteiger partial charge in [0.2, 0.25) is 0 Å². The number of aromatic nitrogens is 1. The first-order valence-electron chi connectivity index (χ1n) is 7.79. The smallest absolute Gasteiger partial charge is 0.269 e. The van der Waals surface area contributed by atoms with Crippen molar-refractivity contribution in [1.29, 1.82) is 0 Å². The number of nitro groups is 1. The Hall–Kier alpha value is -3.10. The fourth-order valence-electron chi connectivity index (χ4n) is 2.88. The summed E-state index contributed by atoms with van der Waals surface area (Å²) in [6.45, 7) is -0.0480. The van der Waals surface area contributed by atoms with Gasteiger partial charge < -0.3 is 0 Å². The molecule has 1 aliphatic rings. The molecule has 0 atom stereocenters. The lowest BCUT2D eigenvalue weighted by Gasteiger charge is -2.11. The molecule has 0 unspecified atom stereocenters. The average molecular weight is 400 g/mol. The highest BCUT2D eigenvalue weighted by Crippen LogP contribution is 2.32. The molecule has 0 fully saturated rings. The van der Waals surface area contributed by atoms with Crippen molar-refractivity contribution in [3.63, 3.8) is 0 Å². The lowest BCUT2D eigenvalue weighted by molar-refractivity contribution is -0.385. The molecule has 1 aliphatic heterocycles. The number of thiazole rings is 1. The van der Waals surface area contributed by atoms with Crippen LogP contribution >= 0.6 is 22.9 Å². The molecule has 27 heavy (non-hydrogen) atoms. The van der Waals surface area contributed by atoms with Gasteiger partial charge in [-0.15, -0.1) is 11.3 Å². The number of fused-ring (bicyclic) bond motifs is 1. The molecule has 2 heterocycles. The summed E-state index contributed by atoms with van der Waals surface area (Å²) in [6, 6.07) is 11.2. The van der Waals surface area contributed by atoms with Crippen LogP contribution in [0, 0.1) is 10.1 Å². The second-order valence-corrected chi connectivity index (χ2v) is 7.10. The van der Waals surface area contributed by atoms with E-state index in [2.05, 4.69) is 4.98 Å². The molecule has 0 bridgehead atoms. The predicted octanol–water partition coefficient (Wildman–Crippen LogP) is 4.17. The number of amides is 2. The number of nitrogens with zero attached hydrogens (tertiary/aromatic N) is 3. The van der Waals surface area contributed by atoms with Gasteiger partial charge in [0.1, 0.15) is 10.6 Å². The van der Waals surface area contributed by atoms with E-state index in [0.29, 0.717) is 10.7 Å². The first-order valence-corrected chi connectivity index (χ1v) is 9.05. The van der Waals surface area contributed by atoms with Crippen molar-refractivity contribution in [2.45, 2.75) is 6.54 Å². The largest absolute Gasteiger partial charge is 0.282 e. The number of benzene rings is 2. The minimum atomic E-state index is -0.677. The monoisotopic (exact) mass is 399 g/mol. The van der Waals surface area contributed by atoms with Crippen LogP contribution in [0.3, 0.4) is 0 Å². The fourth-order valence-corrected chi connectivity index (χ4v) is 3.82. The van der Waals surface area contributed by atoms with Crippen LogP contribution in [0.4, 0.5) is 5.69 Å².